The van der Waals surface area contributed by atoms with Crippen molar-refractivity contribution in [1.82, 2.24) is 19.5 Å². The fraction of sp³-hybridized carbons (Fsp3) is 0.300. The van der Waals surface area contributed by atoms with E-state index in [1.165, 1.54) is 0 Å². The maximum Gasteiger partial charge on any atom is 0.243 e. The normalized spacial score (nSPS) is 15.7. The SMILES string of the molecule is Cc1ccc(-c2n[nH]c(-c3ccccc3)n2)cc1S(=O)(=O)N1CCCCC1. The van der Waals surface area contributed by atoms with Gasteiger partial charge in [0, 0.05) is 24.2 Å². The summed E-state index contributed by atoms with van der Waals surface area (Å²) in [5.74, 6) is 1.15. The zero-order valence-corrected chi connectivity index (χ0v) is 16.0. The molecule has 0 amide bonds. The highest BCUT2D eigenvalue weighted by Gasteiger charge is 2.28. The first-order valence-corrected chi connectivity index (χ1v) is 10.6. The predicted molar refractivity (Wildman–Crippen MR) is 105 cm³/mol. The zero-order chi connectivity index (χ0) is 18.9. The van der Waals surface area contributed by atoms with E-state index in [-0.39, 0.29) is 0 Å². The molecule has 0 radical (unpaired) electrons. The topological polar surface area (TPSA) is 79.0 Å². The molecule has 6 nitrogen and oxygen atoms in total. The molecule has 1 saturated heterocycles. The minimum atomic E-state index is -3.50. The third kappa shape index (κ3) is 3.52. The largest absolute Gasteiger partial charge is 0.259 e. The van der Waals surface area contributed by atoms with Crippen molar-refractivity contribution in [2.75, 3.05) is 13.1 Å². The van der Waals surface area contributed by atoms with Crippen molar-refractivity contribution >= 4 is 10.0 Å². The Morgan fingerprint density at radius 3 is 2.44 bits per heavy atom. The average molecular weight is 382 g/mol. The van der Waals surface area contributed by atoms with E-state index in [1.807, 2.05) is 49.4 Å². The first-order chi connectivity index (χ1) is 13.1. The fourth-order valence-corrected chi connectivity index (χ4v) is 5.15. The fourth-order valence-electron chi connectivity index (χ4n) is 3.38. The first-order valence-electron chi connectivity index (χ1n) is 9.15. The second-order valence-electron chi connectivity index (χ2n) is 6.82. The molecule has 3 aromatic rings. The molecule has 27 heavy (non-hydrogen) atoms. The summed E-state index contributed by atoms with van der Waals surface area (Å²) in [4.78, 5) is 4.88. The number of H-pyrrole nitrogens is 1. The highest BCUT2D eigenvalue weighted by Crippen LogP contribution is 2.28. The van der Waals surface area contributed by atoms with Gasteiger partial charge in [0.2, 0.25) is 10.0 Å². The summed E-state index contributed by atoms with van der Waals surface area (Å²) < 4.78 is 27.8. The van der Waals surface area contributed by atoms with E-state index in [2.05, 4.69) is 15.2 Å². The van der Waals surface area contributed by atoms with E-state index in [9.17, 15) is 8.42 Å². The second kappa shape index (κ2) is 7.25. The molecule has 2 aromatic carbocycles. The lowest BCUT2D eigenvalue weighted by Gasteiger charge is -2.26. The number of nitrogens with one attached hydrogen (secondary N) is 1. The molecule has 140 valence electrons. The van der Waals surface area contributed by atoms with Gasteiger partial charge in [0.15, 0.2) is 11.6 Å². The molecule has 0 spiro atoms. The summed E-state index contributed by atoms with van der Waals surface area (Å²) in [6.07, 6.45) is 2.92. The predicted octanol–water partition coefficient (Wildman–Crippen LogP) is 3.62. The van der Waals surface area contributed by atoms with Gasteiger partial charge in [0.1, 0.15) is 0 Å². The van der Waals surface area contributed by atoms with Gasteiger partial charge in [0.25, 0.3) is 0 Å². The Labute approximate surface area is 159 Å². The number of sulfonamides is 1. The van der Waals surface area contributed by atoms with Crippen LogP contribution in [0.4, 0.5) is 0 Å². The quantitative estimate of drug-likeness (QED) is 0.747. The van der Waals surface area contributed by atoms with Crippen molar-refractivity contribution in [1.29, 1.82) is 0 Å². The summed E-state index contributed by atoms with van der Waals surface area (Å²) >= 11 is 0. The van der Waals surface area contributed by atoms with Crippen LogP contribution in [0.15, 0.2) is 53.4 Å². The summed E-state index contributed by atoms with van der Waals surface area (Å²) in [6, 6.07) is 15.1. The van der Waals surface area contributed by atoms with Crippen molar-refractivity contribution in [2.45, 2.75) is 31.1 Å². The van der Waals surface area contributed by atoms with E-state index in [0.717, 1.165) is 30.4 Å². The zero-order valence-electron chi connectivity index (χ0n) is 15.2. The average Bonchev–Trinajstić information content (AvgIpc) is 3.20. The molecule has 4 rings (SSSR count). The van der Waals surface area contributed by atoms with Gasteiger partial charge in [0.05, 0.1) is 4.90 Å². The summed E-state index contributed by atoms with van der Waals surface area (Å²) in [5, 5.41) is 7.22. The lowest BCUT2D eigenvalue weighted by molar-refractivity contribution is 0.346. The van der Waals surface area contributed by atoms with Gasteiger partial charge in [-0.3, -0.25) is 5.10 Å². The Hall–Kier alpha value is -2.51. The van der Waals surface area contributed by atoms with Crippen LogP contribution in [0.1, 0.15) is 24.8 Å². The molecular weight excluding hydrogens is 360 g/mol. The van der Waals surface area contributed by atoms with Gasteiger partial charge in [-0.05, 0) is 31.4 Å². The molecule has 0 saturated carbocycles. The minimum Gasteiger partial charge on any atom is -0.259 e. The van der Waals surface area contributed by atoms with Crippen LogP contribution in [0.5, 0.6) is 0 Å². The number of piperidine rings is 1. The van der Waals surface area contributed by atoms with E-state index < -0.39 is 10.0 Å². The van der Waals surface area contributed by atoms with Crippen LogP contribution < -0.4 is 0 Å². The Bertz CT molecular complexity index is 1040. The third-order valence-corrected chi connectivity index (χ3v) is 6.95. The van der Waals surface area contributed by atoms with Crippen molar-refractivity contribution < 1.29 is 8.42 Å². The van der Waals surface area contributed by atoms with E-state index in [0.29, 0.717) is 35.2 Å². The summed E-state index contributed by atoms with van der Waals surface area (Å²) in [6.45, 7) is 3.00. The van der Waals surface area contributed by atoms with Gasteiger partial charge >= 0.3 is 0 Å². The number of aromatic amines is 1. The molecule has 2 heterocycles. The van der Waals surface area contributed by atoms with Crippen LogP contribution in [0.3, 0.4) is 0 Å². The van der Waals surface area contributed by atoms with Gasteiger partial charge in [-0.1, -0.05) is 48.9 Å². The minimum absolute atomic E-state index is 0.341. The molecule has 0 aliphatic carbocycles. The number of nitrogens with zero attached hydrogens (tertiary/aromatic N) is 3. The Kier molecular flexibility index (Phi) is 4.80. The molecule has 1 aliphatic heterocycles. The molecule has 1 aromatic heterocycles. The van der Waals surface area contributed by atoms with Crippen LogP contribution in [-0.4, -0.2) is 41.0 Å². The smallest absolute Gasteiger partial charge is 0.243 e. The van der Waals surface area contributed by atoms with E-state index in [1.54, 1.807) is 10.4 Å². The molecule has 0 unspecified atom stereocenters. The van der Waals surface area contributed by atoms with Crippen LogP contribution in [0, 0.1) is 6.92 Å². The van der Waals surface area contributed by atoms with Crippen molar-refractivity contribution in [3.63, 3.8) is 0 Å². The molecule has 0 bridgehead atoms. The van der Waals surface area contributed by atoms with Crippen LogP contribution in [0.2, 0.25) is 0 Å². The molecule has 1 aliphatic rings. The monoisotopic (exact) mass is 382 g/mol. The van der Waals surface area contributed by atoms with Gasteiger partial charge in [-0.25, -0.2) is 13.4 Å². The lowest BCUT2D eigenvalue weighted by atomic mass is 10.1. The number of hydrogen-bond donors (Lipinski definition) is 1. The summed E-state index contributed by atoms with van der Waals surface area (Å²) in [7, 11) is -3.50. The highest BCUT2D eigenvalue weighted by atomic mass is 32.2. The van der Waals surface area contributed by atoms with Crippen molar-refractivity contribution in [3.8, 4) is 22.8 Å². The van der Waals surface area contributed by atoms with Crippen LogP contribution in [-0.2, 0) is 10.0 Å². The van der Waals surface area contributed by atoms with Crippen LogP contribution >= 0.6 is 0 Å². The number of hydrogen-bond acceptors (Lipinski definition) is 4. The Morgan fingerprint density at radius 1 is 0.963 bits per heavy atom. The summed E-state index contributed by atoms with van der Waals surface area (Å²) in [5.41, 5.74) is 2.36. The first kappa shape index (κ1) is 17.9. The van der Waals surface area contributed by atoms with Crippen molar-refractivity contribution in [3.05, 3.63) is 54.1 Å². The van der Waals surface area contributed by atoms with Crippen molar-refractivity contribution in [2.24, 2.45) is 0 Å². The number of aryl methyl sites for hydroxylation is 1. The van der Waals surface area contributed by atoms with Gasteiger partial charge < -0.3 is 0 Å². The maximum atomic E-state index is 13.1. The van der Waals surface area contributed by atoms with E-state index in [4.69, 9.17) is 0 Å². The molecule has 0 atom stereocenters. The maximum absolute atomic E-state index is 13.1. The Morgan fingerprint density at radius 2 is 1.70 bits per heavy atom. The number of aromatic nitrogens is 3. The van der Waals surface area contributed by atoms with Gasteiger partial charge in [-0.15, -0.1) is 0 Å². The third-order valence-electron chi connectivity index (χ3n) is 4.91. The van der Waals surface area contributed by atoms with E-state index >= 15 is 0 Å². The molecule has 7 heteroatoms. The molecule has 1 N–H and O–H groups in total. The second-order valence-corrected chi connectivity index (χ2v) is 8.73. The Balaban J connectivity index is 1.70. The lowest BCUT2D eigenvalue weighted by Crippen LogP contribution is -2.35. The number of benzene rings is 2. The standard InChI is InChI=1S/C20H22N4O2S/c1-15-10-11-17(14-18(15)27(25,26)24-12-6-3-7-13-24)20-21-19(22-23-20)16-8-4-2-5-9-16/h2,4-5,8-11,14H,3,6-7,12-13H2,1H3,(H,21,22,23). The highest BCUT2D eigenvalue weighted by molar-refractivity contribution is 7.89. The van der Waals surface area contributed by atoms with Gasteiger partial charge in [-0.2, -0.15) is 9.40 Å². The number of rotatable bonds is 4. The molecular formula is C20H22N4O2S. The van der Waals surface area contributed by atoms with Crippen LogP contribution in [0.25, 0.3) is 22.8 Å². The molecule has 1 fully saturated rings.